The molecule has 0 aliphatic carbocycles. The molecule has 0 radical (unpaired) electrons. The second kappa shape index (κ2) is 7.14. The Hall–Kier alpha value is -1.75. The first kappa shape index (κ1) is 14.7. The number of ether oxygens (including phenoxy) is 2. The first-order chi connectivity index (χ1) is 9.74. The lowest BCUT2D eigenvalue weighted by Gasteiger charge is -2.13. The van der Waals surface area contributed by atoms with Crippen molar-refractivity contribution in [1.82, 2.24) is 10.6 Å². The van der Waals surface area contributed by atoms with Gasteiger partial charge < -0.3 is 20.1 Å². The Morgan fingerprint density at radius 1 is 1.40 bits per heavy atom. The molecule has 20 heavy (non-hydrogen) atoms. The van der Waals surface area contributed by atoms with E-state index in [1.165, 1.54) is 12.8 Å². The van der Waals surface area contributed by atoms with E-state index in [2.05, 4.69) is 10.6 Å². The normalized spacial score (nSPS) is 17.8. The second-order valence-corrected chi connectivity index (χ2v) is 4.90. The van der Waals surface area contributed by atoms with Gasteiger partial charge in [-0.05, 0) is 44.0 Å². The van der Waals surface area contributed by atoms with Crippen LogP contribution in [0, 0.1) is 0 Å². The summed E-state index contributed by atoms with van der Waals surface area (Å²) < 4.78 is 10.4. The van der Waals surface area contributed by atoms with Crippen LogP contribution in [0.15, 0.2) is 18.2 Å². The Morgan fingerprint density at radius 2 is 2.25 bits per heavy atom. The minimum absolute atomic E-state index is 0.126. The first-order valence-corrected chi connectivity index (χ1v) is 6.98. The minimum Gasteiger partial charge on any atom is -0.497 e. The number of carbonyl (C=O) groups is 1. The van der Waals surface area contributed by atoms with Crippen LogP contribution in [0.5, 0.6) is 11.5 Å². The molecule has 1 saturated heterocycles. The average molecular weight is 278 g/mol. The highest BCUT2D eigenvalue weighted by Gasteiger charge is 2.16. The maximum atomic E-state index is 12.2. The molecule has 1 atom stereocenters. The van der Waals surface area contributed by atoms with E-state index >= 15 is 0 Å². The Morgan fingerprint density at radius 3 is 2.90 bits per heavy atom. The van der Waals surface area contributed by atoms with Crippen molar-refractivity contribution in [1.29, 1.82) is 0 Å². The van der Waals surface area contributed by atoms with Crippen LogP contribution in [0.1, 0.15) is 29.6 Å². The van der Waals surface area contributed by atoms with Gasteiger partial charge in [-0.3, -0.25) is 4.79 Å². The zero-order valence-corrected chi connectivity index (χ0v) is 12.1. The van der Waals surface area contributed by atoms with Crippen molar-refractivity contribution in [2.24, 2.45) is 0 Å². The molecule has 1 aliphatic rings. The average Bonchev–Trinajstić information content (AvgIpc) is 2.99. The predicted molar refractivity (Wildman–Crippen MR) is 77.5 cm³/mol. The summed E-state index contributed by atoms with van der Waals surface area (Å²) in [7, 11) is 3.14. The number of hydrogen-bond acceptors (Lipinski definition) is 4. The predicted octanol–water partition coefficient (Wildman–Crippen LogP) is 1.58. The van der Waals surface area contributed by atoms with Gasteiger partial charge in [-0.2, -0.15) is 0 Å². The SMILES string of the molecule is COc1ccc(OC)c(C(=O)NCC[C@@H]2CCCN2)c1. The number of carbonyl (C=O) groups excluding carboxylic acids is 1. The highest BCUT2D eigenvalue weighted by molar-refractivity contribution is 5.97. The molecule has 0 bridgehead atoms. The maximum absolute atomic E-state index is 12.2. The lowest BCUT2D eigenvalue weighted by atomic mass is 10.1. The van der Waals surface area contributed by atoms with E-state index in [0.29, 0.717) is 29.6 Å². The summed E-state index contributed by atoms with van der Waals surface area (Å²) in [5.41, 5.74) is 0.506. The van der Waals surface area contributed by atoms with E-state index in [4.69, 9.17) is 9.47 Å². The fourth-order valence-electron chi connectivity index (χ4n) is 2.45. The molecule has 0 spiro atoms. The molecule has 0 aromatic heterocycles. The highest BCUT2D eigenvalue weighted by atomic mass is 16.5. The van der Waals surface area contributed by atoms with Crippen LogP contribution in [0.25, 0.3) is 0 Å². The third kappa shape index (κ3) is 3.63. The van der Waals surface area contributed by atoms with Crippen molar-refractivity contribution in [2.45, 2.75) is 25.3 Å². The van der Waals surface area contributed by atoms with E-state index in [-0.39, 0.29) is 5.91 Å². The number of rotatable bonds is 6. The van der Waals surface area contributed by atoms with Gasteiger partial charge >= 0.3 is 0 Å². The summed E-state index contributed by atoms with van der Waals surface area (Å²) in [6.07, 6.45) is 3.37. The van der Waals surface area contributed by atoms with Crippen molar-refractivity contribution < 1.29 is 14.3 Å². The molecule has 2 rings (SSSR count). The van der Waals surface area contributed by atoms with Crippen molar-refractivity contribution in [2.75, 3.05) is 27.3 Å². The summed E-state index contributed by atoms with van der Waals surface area (Å²) >= 11 is 0. The molecular formula is C15H22N2O3. The third-order valence-corrected chi connectivity index (χ3v) is 3.59. The number of methoxy groups -OCH3 is 2. The quantitative estimate of drug-likeness (QED) is 0.829. The van der Waals surface area contributed by atoms with Crippen LogP contribution in [0.3, 0.4) is 0 Å². The van der Waals surface area contributed by atoms with Crippen molar-refractivity contribution >= 4 is 5.91 Å². The molecule has 110 valence electrons. The van der Waals surface area contributed by atoms with E-state index in [1.54, 1.807) is 32.4 Å². The number of nitrogens with one attached hydrogen (secondary N) is 2. The van der Waals surface area contributed by atoms with E-state index < -0.39 is 0 Å². The van der Waals surface area contributed by atoms with Crippen molar-refractivity contribution in [3.8, 4) is 11.5 Å². The largest absolute Gasteiger partial charge is 0.497 e. The molecule has 2 N–H and O–H groups in total. The summed E-state index contributed by atoms with van der Waals surface area (Å²) in [4.78, 5) is 12.2. The van der Waals surface area contributed by atoms with Gasteiger partial charge in [0.1, 0.15) is 11.5 Å². The Bertz CT molecular complexity index is 456. The Balaban J connectivity index is 1.93. The van der Waals surface area contributed by atoms with Crippen LogP contribution in [-0.2, 0) is 0 Å². The topological polar surface area (TPSA) is 59.6 Å². The number of benzene rings is 1. The van der Waals surface area contributed by atoms with Crippen LogP contribution >= 0.6 is 0 Å². The number of hydrogen-bond donors (Lipinski definition) is 2. The van der Waals surface area contributed by atoms with Gasteiger partial charge in [-0.1, -0.05) is 0 Å². The minimum atomic E-state index is -0.126. The molecule has 1 aromatic rings. The first-order valence-electron chi connectivity index (χ1n) is 6.98. The van der Waals surface area contributed by atoms with Crippen LogP contribution in [-0.4, -0.2) is 39.3 Å². The molecule has 1 aliphatic heterocycles. The highest BCUT2D eigenvalue weighted by Crippen LogP contribution is 2.23. The summed E-state index contributed by atoms with van der Waals surface area (Å²) in [5.74, 6) is 1.08. The van der Waals surface area contributed by atoms with E-state index in [0.717, 1.165) is 13.0 Å². The summed E-state index contributed by atoms with van der Waals surface area (Å²) in [6.45, 7) is 1.75. The lowest BCUT2D eigenvalue weighted by molar-refractivity contribution is 0.0949. The third-order valence-electron chi connectivity index (χ3n) is 3.59. The fourth-order valence-corrected chi connectivity index (χ4v) is 2.45. The fraction of sp³-hybridized carbons (Fsp3) is 0.533. The zero-order chi connectivity index (χ0) is 14.4. The van der Waals surface area contributed by atoms with Crippen molar-refractivity contribution in [3.63, 3.8) is 0 Å². The molecule has 5 heteroatoms. The molecule has 0 saturated carbocycles. The van der Waals surface area contributed by atoms with Gasteiger partial charge in [0.25, 0.3) is 5.91 Å². The zero-order valence-electron chi connectivity index (χ0n) is 12.1. The lowest BCUT2D eigenvalue weighted by Crippen LogP contribution is -2.30. The van der Waals surface area contributed by atoms with Gasteiger partial charge in [0, 0.05) is 12.6 Å². The molecule has 1 heterocycles. The molecule has 1 fully saturated rings. The van der Waals surface area contributed by atoms with Crippen LogP contribution < -0.4 is 20.1 Å². The van der Waals surface area contributed by atoms with E-state index in [1.807, 2.05) is 0 Å². The smallest absolute Gasteiger partial charge is 0.255 e. The Labute approximate surface area is 119 Å². The molecule has 1 aromatic carbocycles. The standard InChI is InChI=1S/C15H22N2O3/c1-19-12-5-6-14(20-2)13(10-12)15(18)17-9-7-11-4-3-8-16-11/h5-6,10-11,16H,3-4,7-9H2,1-2H3,(H,17,18)/t11-/m0/s1. The van der Waals surface area contributed by atoms with E-state index in [9.17, 15) is 4.79 Å². The number of amides is 1. The summed E-state index contributed by atoms with van der Waals surface area (Å²) in [6, 6.07) is 5.74. The van der Waals surface area contributed by atoms with Crippen molar-refractivity contribution in [3.05, 3.63) is 23.8 Å². The monoisotopic (exact) mass is 278 g/mol. The van der Waals surface area contributed by atoms with Gasteiger partial charge in [0.2, 0.25) is 0 Å². The molecule has 0 unspecified atom stereocenters. The molecular weight excluding hydrogens is 256 g/mol. The van der Waals surface area contributed by atoms with Crippen LogP contribution in [0.2, 0.25) is 0 Å². The van der Waals surface area contributed by atoms with Gasteiger partial charge in [-0.25, -0.2) is 0 Å². The molecule has 5 nitrogen and oxygen atoms in total. The van der Waals surface area contributed by atoms with Gasteiger partial charge in [0.05, 0.1) is 19.8 Å². The van der Waals surface area contributed by atoms with Gasteiger partial charge in [-0.15, -0.1) is 0 Å². The maximum Gasteiger partial charge on any atom is 0.255 e. The second-order valence-electron chi connectivity index (χ2n) is 4.90. The summed E-state index contributed by atoms with van der Waals surface area (Å²) in [5, 5.41) is 6.35. The van der Waals surface area contributed by atoms with Crippen LogP contribution in [0.4, 0.5) is 0 Å². The Kier molecular flexibility index (Phi) is 5.24. The van der Waals surface area contributed by atoms with Gasteiger partial charge in [0.15, 0.2) is 0 Å². The molecule has 1 amide bonds.